The van der Waals surface area contributed by atoms with Gasteiger partial charge in [0.15, 0.2) is 5.78 Å². The average Bonchev–Trinajstić information content (AvgIpc) is 3.44. The van der Waals surface area contributed by atoms with Crippen LogP contribution in [0.4, 0.5) is 11.4 Å². The molecule has 0 spiro atoms. The average molecular weight is 635 g/mol. The summed E-state index contributed by atoms with van der Waals surface area (Å²) in [5.74, 6) is -4.98. The molecule has 7 rings (SSSR count). The highest BCUT2D eigenvalue weighted by atomic mass is 16.5. The molecule has 0 radical (unpaired) electrons. The number of phenolic OH excluding ortho intramolecular Hbond substituents is 1. The van der Waals surface area contributed by atoms with E-state index in [0.717, 1.165) is 5.57 Å². The Labute approximate surface area is 271 Å². The molecule has 240 valence electrons. The van der Waals surface area contributed by atoms with Crippen molar-refractivity contribution in [3.05, 3.63) is 89.5 Å². The van der Waals surface area contributed by atoms with Gasteiger partial charge >= 0.3 is 0 Å². The van der Waals surface area contributed by atoms with E-state index in [9.17, 15) is 29.1 Å². The van der Waals surface area contributed by atoms with Crippen LogP contribution in [0.25, 0.3) is 0 Å². The molecule has 2 heterocycles. The largest absolute Gasteiger partial charge is 0.507 e. The number of amides is 4. The number of anilines is 2. The van der Waals surface area contributed by atoms with E-state index in [1.54, 1.807) is 67.6 Å². The van der Waals surface area contributed by atoms with Crippen molar-refractivity contribution in [3.63, 3.8) is 0 Å². The lowest BCUT2D eigenvalue weighted by Gasteiger charge is -2.49. The van der Waals surface area contributed by atoms with Crippen LogP contribution in [-0.4, -0.2) is 48.7 Å². The van der Waals surface area contributed by atoms with Crippen LogP contribution < -0.4 is 19.3 Å². The zero-order chi connectivity index (χ0) is 33.4. The number of carbonyl (C=O) groups excluding carboxylic acids is 5. The van der Waals surface area contributed by atoms with Gasteiger partial charge in [-0.1, -0.05) is 29.8 Å². The number of imide groups is 2. The molecule has 4 aliphatic rings. The summed E-state index contributed by atoms with van der Waals surface area (Å²) in [4.78, 5) is 71.4. The molecule has 3 fully saturated rings. The van der Waals surface area contributed by atoms with Crippen LogP contribution in [-0.2, 0) is 19.2 Å². The Kier molecular flexibility index (Phi) is 7.07. The minimum absolute atomic E-state index is 0.132. The van der Waals surface area contributed by atoms with Gasteiger partial charge in [0.25, 0.3) is 0 Å². The number of phenols is 1. The first kappa shape index (κ1) is 30.4. The number of nitrogens with zero attached hydrogens (tertiary/aromatic N) is 2. The van der Waals surface area contributed by atoms with Crippen molar-refractivity contribution in [2.24, 2.45) is 29.1 Å². The fraction of sp³-hybridized carbons (Fsp3) is 0.324. The molecule has 10 nitrogen and oxygen atoms in total. The van der Waals surface area contributed by atoms with E-state index >= 15 is 0 Å². The SMILES string of the molecule is COc1cc(O)c([C@H]2C3=CC[C@@H]4C(=O)N(c5ccc(C(C)=O)cc5)C(=O)[C@@H]4[C@@H]3C[C@H]3C(=O)N(c4ccccc4)C(=O)[C@@]23C)c(OC)c1. The lowest BCUT2D eigenvalue weighted by Crippen LogP contribution is -2.49. The number of hydrogen-bond acceptors (Lipinski definition) is 8. The third kappa shape index (κ3) is 4.27. The van der Waals surface area contributed by atoms with Crippen molar-refractivity contribution in [2.45, 2.75) is 32.6 Å². The molecule has 1 N–H and O–H groups in total. The number of hydrogen-bond donors (Lipinski definition) is 1. The summed E-state index contributed by atoms with van der Waals surface area (Å²) >= 11 is 0. The Morgan fingerprint density at radius 1 is 0.851 bits per heavy atom. The van der Waals surface area contributed by atoms with Gasteiger partial charge in [0.05, 0.1) is 48.8 Å². The van der Waals surface area contributed by atoms with Crippen LogP contribution in [0.15, 0.2) is 78.4 Å². The third-order valence-corrected chi connectivity index (χ3v) is 10.7. The minimum Gasteiger partial charge on any atom is -0.507 e. The highest BCUT2D eigenvalue weighted by Crippen LogP contribution is 2.65. The molecule has 2 aliphatic carbocycles. The van der Waals surface area contributed by atoms with Gasteiger partial charge in [0.1, 0.15) is 17.2 Å². The Morgan fingerprint density at radius 2 is 1.53 bits per heavy atom. The number of carbonyl (C=O) groups is 5. The number of ketones is 1. The molecule has 0 unspecified atom stereocenters. The molecule has 0 aromatic heterocycles. The van der Waals surface area contributed by atoms with Crippen LogP contribution in [0.3, 0.4) is 0 Å². The van der Waals surface area contributed by atoms with E-state index in [-0.39, 0.29) is 36.0 Å². The Bertz CT molecular complexity index is 1880. The molecule has 47 heavy (non-hydrogen) atoms. The molecule has 10 heteroatoms. The van der Waals surface area contributed by atoms with Gasteiger partial charge in [0.2, 0.25) is 23.6 Å². The zero-order valence-corrected chi connectivity index (χ0v) is 26.4. The number of allylic oxidation sites excluding steroid dienone is 2. The smallest absolute Gasteiger partial charge is 0.241 e. The summed E-state index contributed by atoms with van der Waals surface area (Å²) in [6.45, 7) is 3.20. The number of para-hydroxylation sites is 1. The first-order chi connectivity index (χ1) is 22.5. The maximum Gasteiger partial charge on any atom is 0.241 e. The second-order valence-electron chi connectivity index (χ2n) is 12.9. The van der Waals surface area contributed by atoms with Crippen molar-refractivity contribution in [1.82, 2.24) is 0 Å². The summed E-state index contributed by atoms with van der Waals surface area (Å²) in [5.41, 5.74) is 0.952. The van der Waals surface area contributed by atoms with Gasteiger partial charge in [-0.3, -0.25) is 28.9 Å². The van der Waals surface area contributed by atoms with Crippen molar-refractivity contribution in [1.29, 1.82) is 0 Å². The fourth-order valence-corrected chi connectivity index (χ4v) is 8.41. The highest BCUT2D eigenvalue weighted by molar-refractivity contribution is 6.25. The number of Topliss-reactive ketones (excluding diaryl/α,β-unsaturated/α-hetero) is 1. The molecule has 2 saturated heterocycles. The van der Waals surface area contributed by atoms with E-state index in [0.29, 0.717) is 28.3 Å². The van der Waals surface area contributed by atoms with Gasteiger partial charge in [-0.05, 0) is 69.0 Å². The number of rotatable bonds is 6. The molecule has 1 saturated carbocycles. The van der Waals surface area contributed by atoms with E-state index < -0.39 is 52.7 Å². The number of ether oxygens (including phenoxy) is 2. The highest BCUT2D eigenvalue weighted by Gasteiger charge is 2.68. The minimum atomic E-state index is -1.35. The molecule has 3 aromatic carbocycles. The molecule has 2 aliphatic heterocycles. The van der Waals surface area contributed by atoms with E-state index in [4.69, 9.17) is 9.47 Å². The van der Waals surface area contributed by atoms with E-state index in [2.05, 4.69) is 0 Å². The maximum absolute atomic E-state index is 14.6. The summed E-state index contributed by atoms with van der Waals surface area (Å²) < 4.78 is 11.1. The molecule has 4 amide bonds. The summed E-state index contributed by atoms with van der Waals surface area (Å²) in [6, 6.07) is 18.1. The summed E-state index contributed by atoms with van der Waals surface area (Å²) in [5, 5.41) is 11.5. The number of aromatic hydroxyl groups is 1. The second kappa shape index (κ2) is 10.9. The van der Waals surface area contributed by atoms with Crippen molar-refractivity contribution >= 4 is 40.8 Å². The zero-order valence-electron chi connectivity index (χ0n) is 26.4. The van der Waals surface area contributed by atoms with E-state index in [1.807, 2.05) is 6.08 Å². The van der Waals surface area contributed by atoms with Crippen LogP contribution >= 0.6 is 0 Å². The fourth-order valence-electron chi connectivity index (χ4n) is 8.41. The number of methoxy groups -OCH3 is 2. The monoisotopic (exact) mass is 634 g/mol. The Morgan fingerprint density at radius 3 is 2.17 bits per heavy atom. The van der Waals surface area contributed by atoms with Crippen LogP contribution in [0.5, 0.6) is 17.2 Å². The lowest BCUT2D eigenvalue weighted by atomic mass is 9.51. The normalized spacial score (nSPS) is 28.1. The van der Waals surface area contributed by atoms with Gasteiger partial charge in [0, 0.05) is 29.2 Å². The van der Waals surface area contributed by atoms with Crippen LogP contribution in [0, 0.1) is 29.1 Å². The summed E-state index contributed by atoms with van der Waals surface area (Å²) in [7, 11) is 2.92. The van der Waals surface area contributed by atoms with Gasteiger partial charge in [-0.15, -0.1) is 0 Å². The first-order valence-electron chi connectivity index (χ1n) is 15.6. The third-order valence-electron chi connectivity index (χ3n) is 10.7. The molecule has 6 atom stereocenters. The van der Waals surface area contributed by atoms with Crippen LogP contribution in [0.1, 0.15) is 48.5 Å². The topological polar surface area (TPSA) is 131 Å². The van der Waals surface area contributed by atoms with Crippen LogP contribution in [0.2, 0.25) is 0 Å². The van der Waals surface area contributed by atoms with Gasteiger partial charge in [-0.25, -0.2) is 4.90 Å². The predicted octanol–water partition coefficient (Wildman–Crippen LogP) is 5.05. The predicted molar refractivity (Wildman–Crippen MR) is 171 cm³/mol. The van der Waals surface area contributed by atoms with Gasteiger partial charge in [-0.2, -0.15) is 0 Å². The molecule has 0 bridgehead atoms. The maximum atomic E-state index is 14.6. The number of benzene rings is 3. The number of fused-ring (bicyclic) bond motifs is 4. The molecule has 3 aromatic rings. The first-order valence-corrected chi connectivity index (χ1v) is 15.6. The summed E-state index contributed by atoms with van der Waals surface area (Å²) in [6.07, 6.45) is 2.32. The van der Waals surface area contributed by atoms with Gasteiger partial charge < -0.3 is 14.6 Å². The van der Waals surface area contributed by atoms with Crippen molar-refractivity contribution in [3.8, 4) is 17.2 Å². The van der Waals surface area contributed by atoms with Crippen molar-refractivity contribution < 1.29 is 38.6 Å². The Hall–Kier alpha value is -5.25. The molecular weight excluding hydrogens is 600 g/mol. The second-order valence-corrected chi connectivity index (χ2v) is 12.9. The standard InChI is InChI=1S/C37H34N2O8/c1-19(40)20-10-12-22(13-11-20)38-33(42)25-15-14-24-26(30(25)35(38)44)18-27-34(43)39(21-8-6-5-7-9-21)36(45)37(27,2)32(24)31-28(41)16-23(46-3)17-29(31)47-4/h5-14,16-17,25-27,30,32,41H,15,18H2,1-4H3/t25-,26+,27-,30-,32+,37+/m0/s1. The quantitative estimate of drug-likeness (QED) is 0.227. The lowest BCUT2D eigenvalue weighted by molar-refractivity contribution is -0.131. The van der Waals surface area contributed by atoms with Crippen molar-refractivity contribution in [2.75, 3.05) is 24.0 Å². The Balaban J connectivity index is 1.38. The van der Waals surface area contributed by atoms with E-state index in [1.165, 1.54) is 37.0 Å². The molecular formula is C37H34N2O8.